The first kappa shape index (κ1) is 12.6. The van der Waals surface area contributed by atoms with Crippen molar-refractivity contribution in [1.29, 1.82) is 0 Å². The summed E-state index contributed by atoms with van der Waals surface area (Å²) in [6, 6.07) is 0. The number of aliphatic hydroxyl groups excluding tert-OH is 1. The Bertz CT molecular complexity index is 125. The van der Waals surface area contributed by atoms with Crippen molar-refractivity contribution < 1.29 is 19.3 Å². The number of hydrogen-bond donors (Lipinski definition) is 1. The maximum Gasteiger partial charge on any atom is 0.147 e. The van der Waals surface area contributed by atoms with Gasteiger partial charge in [0, 0.05) is 7.11 Å². The molecule has 78 valence electrons. The van der Waals surface area contributed by atoms with Gasteiger partial charge in [0.05, 0.1) is 25.9 Å². The van der Waals surface area contributed by atoms with Crippen molar-refractivity contribution in [3.05, 3.63) is 12.2 Å². The minimum absolute atomic E-state index is 0.0327. The van der Waals surface area contributed by atoms with Crippen LogP contribution in [0.4, 0.5) is 0 Å². The summed E-state index contributed by atoms with van der Waals surface area (Å²) in [5, 5.41) is 8.47. The van der Waals surface area contributed by atoms with E-state index in [1.807, 2.05) is 6.92 Å². The molecular formula is C9H18O4. The third kappa shape index (κ3) is 9.49. The number of rotatable bonds is 8. The average molecular weight is 190 g/mol. The lowest BCUT2D eigenvalue weighted by Crippen LogP contribution is -2.11. The predicted molar refractivity (Wildman–Crippen MR) is 49.5 cm³/mol. The maximum atomic E-state index is 8.47. The molecule has 1 atom stereocenters. The lowest BCUT2D eigenvalue weighted by Gasteiger charge is -2.08. The summed E-state index contributed by atoms with van der Waals surface area (Å²) in [5.41, 5.74) is 0. The van der Waals surface area contributed by atoms with E-state index in [2.05, 4.69) is 0 Å². The van der Waals surface area contributed by atoms with E-state index >= 15 is 0 Å². The summed E-state index contributed by atoms with van der Waals surface area (Å²) < 4.78 is 15.1. The van der Waals surface area contributed by atoms with Gasteiger partial charge in [-0.25, -0.2) is 0 Å². The second-order valence-corrected chi connectivity index (χ2v) is 2.50. The topological polar surface area (TPSA) is 47.9 Å². The van der Waals surface area contributed by atoms with Crippen LogP contribution < -0.4 is 0 Å². The largest absolute Gasteiger partial charge is 0.392 e. The highest BCUT2D eigenvalue weighted by Crippen LogP contribution is 1.92. The van der Waals surface area contributed by atoms with Crippen LogP contribution in [-0.2, 0) is 14.2 Å². The predicted octanol–water partition coefficient (Wildman–Crippen LogP) is 0.560. The Morgan fingerprint density at radius 2 is 2.15 bits per heavy atom. The van der Waals surface area contributed by atoms with Crippen molar-refractivity contribution in [3.8, 4) is 0 Å². The number of ether oxygens (including phenoxy) is 3. The SMILES string of the molecule is COCCOCOC(C)C=CCO. The molecule has 0 spiro atoms. The first-order valence-electron chi connectivity index (χ1n) is 4.27. The van der Waals surface area contributed by atoms with E-state index in [-0.39, 0.29) is 19.5 Å². The van der Waals surface area contributed by atoms with Gasteiger partial charge < -0.3 is 19.3 Å². The summed E-state index contributed by atoms with van der Waals surface area (Å²) in [5.74, 6) is 0. The third-order valence-corrected chi connectivity index (χ3v) is 1.36. The molecule has 0 saturated heterocycles. The van der Waals surface area contributed by atoms with Crippen LogP contribution in [0.25, 0.3) is 0 Å². The fourth-order valence-electron chi connectivity index (χ4n) is 0.665. The molecule has 0 aliphatic rings. The van der Waals surface area contributed by atoms with E-state index < -0.39 is 0 Å². The van der Waals surface area contributed by atoms with Gasteiger partial charge in [-0.2, -0.15) is 0 Å². The molecule has 1 unspecified atom stereocenters. The van der Waals surface area contributed by atoms with Gasteiger partial charge in [0.15, 0.2) is 0 Å². The quantitative estimate of drug-likeness (QED) is 0.345. The lowest BCUT2D eigenvalue weighted by atomic mass is 10.3. The van der Waals surface area contributed by atoms with E-state index in [1.54, 1.807) is 19.3 Å². The number of aliphatic hydroxyl groups is 1. The molecule has 4 heteroatoms. The van der Waals surface area contributed by atoms with E-state index in [0.29, 0.717) is 13.2 Å². The van der Waals surface area contributed by atoms with Gasteiger partial charge in [0.25, 0.3) is 0 Å². The molecule has 0 aromatic carbocycles. The minimum atomic E-state index is -0.0327. The monoisotopic (exact) mass is 190 g/mol. The Labute approximate surface area is 79.1 Å². The highest BCUT2D eigenvalue weighted by molar-refractivity contribution is 4.86. The molecule has 0 aliphatic heterocycles. The van der Waals surface area contributed by atoms with Crippen LogP contribution in [0.1, 0.15) is 6.92 Å². The molecular weight excluding hydrogens is 172 g/mol. The van der Waals surface area contributed by atoms with Gasteiger partial charge in [-0.05, 0) is 6.92 Å². The highest BCUT2D eigenvalue weighted by Gasteiger charge is 1.95. The van der Waals surface area contributed by atoms with Crippen LogP contribution in [0, 0.1) is 0 Å². The molecule has 1 N–H and O–H groups in total. The second-order valence-electron chi connectivity index (χ2n) is 2.50. The molecule has 0 amide bonds. The fourth-order valence-corrected chi connectivity index (χ4v) is 0.665. The van der Waals surface area contributed by atoms with Crippen LogP contribution >= 0.6 is 0 Å². The average Bonchev–Trinajstić information content (AvgIpc) is 2.14. The molecule has 0 bridgehead atoms. The van der Waals surface area contributed by atoms with Crippen molar-refractivity contribution in [2.45, 2.75) is 13.0 Å². The maximum absolute atomic E-state index is 8.47. The van der Waals surface area contributed by atoms with Gasteiger partial charge in [-0.15, -0.1) is 0 Å². The van der Waals surface area contributed by atoms with Crippen LogP contribution in [0.2, 0.25) is 0 Å². The van der Waals surface area contributed by atoms with Crippen molar-refractivity contribution in [2.24, 2.45) is 0 Å². The molecule has 13 heavy (non-hydrogen) atoms. The molecule has 0 heterocycles. The van der Waals surface area contributed by atoms with Gasteiger partial charge in [0.1, 0.15) is 6.79 Å². The van der Waals surface area contributed by atoms with Crippen LogP contribution in [0.3, 0.4) is 0 Å². The van der Waals surface area contributed by atoms with Crippen molar-refractivity contribution in [2.75, 3.05) is 33.7 Å². The van der Waals surface area contributed by atoms with Gasteiger partial charge >= 0.3 is 0 Å². The van der Waals surface area contributed by atoms with Crippen molar-refractivity contribution in [3.63, 3.8) is 0 Å². The molecule has 4 nitrogen and oxygen atoms in total. The van der Waals surface area contributed by atoms with Crippen LogP contribution in [0.5, 0.6) is 0 Å². The summed E-state index contributed by atoms with van der Waals surface area (Å²) in [4.78, 5) is 0. The van der Waals surface area contributed by atoms with Gasteiger partial charge in [-0.3, -0.25) is 0 Å². The Morgan fingerprint density at radius 1 is 1.38 bits per heavy atom. The minimum Gasteiger partial charge on any atom is -0.392 e. The smallest absolute Gasteiger partial charge is 0.147 e. The molecule has 0 fully saturated rings. The van der Waals surface area contributed by atoms with Crippen LogP contribution in [0.15, 0.2) is 12.2 Å². The zero-order valence-corrected chi connectivity index (χ0v) is 8.23. The molecule has 0 aromatic heterocycles. The Kier molecular flexibility index (Phi) is 9.35. The van der Waals surface area contributed by atoms with Crippen molar-refractivity contribution >= 4 is 0 Å². The normalized spacial score (nSPS) is 13.8. The summed E-state index contributed by atoms with van der Waals surface area (Å²) in [7, 11) is 1.62. The van der Waals surface area contributed by atoms with E-state index in [4.69, 9.17) is 19.3 Å². The number of methoxy groups -OCH3 is 1. The Balaban J connectivity index is 3.16. The van der Waals surface area contributed by atoms with E-state index in [9.17, 15) is 0 Å². The van der Waals surface area contributed by atoms with Gasteiger partial charge in [0.2, 0.25) is 0 Å². The molecule has 0 saturated carbocycles. The second kappa shape index (κ2) is 9.67. The molecule has 0 aliphatic carbocycles. The zero-order chi connectivity index (χ0) is 9.94. The Hall–Kier alpha value is -0.420. The van der Waals surface area contributed by atoms with Gasteiger partial charge in [-0.1, -0.05) is 12.2 Å². The van der Waals surface area contributed by atoms with Crippen molar-refractivity contribution in [1.82, 2.24) is 0 Å². The first-order valence-corrected chi connectivity index (χ1v) is 4.27. The third-order valence-electron chi connectivity index (χ3n) is 1.36. The first-order chi connectivity index (χ1) is 6.31. The standard InChI is InChI=1S/C9H18O4/c1-9(4-3-5-10)13-8-12-7-6-11-2/h3-4,9-10H,5-8H2,1-2H3. The fraction of sp³-hybridized carbons (Fsp3) is 0.778. The highest BCUT2D eigenvalue weighted by atomic mass is 16.7. The van der Waals surface area contributed by atoms with E-state index in [0.717, 1.165) is 0 Å². The lowest BCUT2D eigenvalue weighted by molar-refractivity contribution is -0.0803. The zero-order valence-electron chi connectivity index (χ0n) is 8.23. The molecule has 0 aromatic rings. The number of hydrogen-bond acceptors (Lipinski definition) is 4. The summed E-state index contributed by atoms with van der Waals surface area (Å²) >= 11 is 0. The Morgan fingerprint density at radius 3 is 2.77 bits per heavy atom. The van der Waals surface area contributed by atoms with E-state index in [1.165, 1.54) is 0 Å². The summed E-state index contributed by atoms with van der Waals surface area (Å²) in [6.45, 7) is 3.28. The molecule has 0 radical (unpaired) electrons. The van der Waals surface area contributed by atoms with Crippen LogP contribution in [-0.4, -0.2) is 44.9 Å². The summed E-state index contributed by atoms with van der Waals surface area (Å²) in [6.07, 6.45) is 3.38. The molecule has 0 rings (SSSR count).